The third kappa shape index (κ3) is 2.02. The van der Waals surface area contributed by atoms with Crippen molar-refractivity contribution in [3.05, 3.63) is 63.4 Å². The summed E-state index contributed by atoms with van der Waals surface area (Å²) < 4.78 is 6.44. The van der Waals surface area contributed by atoms with Crippen molar-refractivity contribution < 1.29 is 19.8 Å². The second-order valence-electron chi connectivity index (χ2n) is 7.04. The van der Waals surface area contributed by atoms with Crippen LogP contribution in [0.15, 0.2) is 41.2 Å². The standard InChI is InChI=1S/C20H17N3O5/c1-2-20(26)13-8-15-16-11(7-10-5-3-4-6-14(10)21-16)17(22-27)23(15)18(24)12(13)9-28-19(20)25/h3-8,17,22,26-27H,2,9H2,1H3/t17?,20-/m0/s1. The summed E-state index contributed by atoms with van der Waals surface area (Å²) in [6.07, 6.45) is -0.756. The van der Waals surface area contributed by atoms with Gasteiger partial charge in [-0.2, -0.15) is 5.48 Å². The van der Waals surface area contributed by atoms with E-state index in [2.05, 4.69) is 10.5 Å². The predicted molar refractivity (Wildman–Crippen MR) is 98.5 cm³/mol. The van der Waals surface area contributed by atoms with E-state index in [1.165, 1.54) is 4.57 Å². The molecule has 2 aliphatic heterocycles. The maximum Gasteiger partial charge on any atom is 0.343 e. The quantitative estimate of drug-likeness (QED) is 0.457. The number of aliphatic hydroxyl groups is 1. The summed E-state index contributed by atoms with van der Waals surface area (Å²) in [4.78, 5) is 30.1. The van der Waals surface area contributed by atoms with Crippen LogP contribution >= 0.6 is 0 Å². The molecule has 0 amide bonds. The SMILES string of the molecule is CC[C@@]1(O)C(=O)OCc2c1cc1n(c2=O)C(NO)c2cc3ccccc3nc2-1. The first-order valence-corrected chi connectivity index (χ1v) is 8.97. The summed E-state index contributed by atoms with van der Waals surface area (Å²) >= 11 is 0. The first kappa shape index (κ1) is 17.1. The fourth-order valence-corrected chi connectivity index (χ4v) is 4.12. The number of para-hydroxylation sites is 1. The van der Waals surface area contributed by atoms with E-state index in [0.29, 0.717) is 17.0 Å². The summed E-state index contributed by atoms with van der Waals surface area (Å²) in [7, 11) is 0. The molecule has 0 radical (unpaired) electrons. The minimum Gasteiger partial charge on any atom is -0.458 e. The Morgan fingerprint density at radius 1 is 1.32 bits per heavy atom. The largest absolute Gasteiger partial charge is 0.458 e. The number of carbonyl (C=O) groups excluding carboxylic acids is 1. The van der Waals surface area contributed by atoms with Gasteiger partial charge in [0.1, 0.15) is 12.8 Å². The maximum absolute atomic E-state index is 13.2. The Morgan fingerprint density at radius 3 is 2.86 bits per heavy atom. The summed E-state index contributed by atoms with van der Waals surface area (Å²) in [5.74, 6) is -0.770. The summed E-state index contributed by atoms with van der Waals surface area (Å²) in [5.41, 5.74) is 2.61. The molecular formula is C20H17N3O5. The zero-order chi connectivity index (χ0) is 19.6. The average Bonchev–Trinajstić information content (AvgIpc) is 3.02. The molecule has 2 aromatic heterocycles. The van der Waals surface area contributed by atoms with Crippen LogP contribution in [0.5, 0.6) is 0 Å². The minimum atomic E-state index is -1.88. The number of ether oxygens (including phenoxy) is 1. The van der Waals surface area contributed by atoms with E-state index in [1.807, 2.05) is 30.3 Å². The molecule has 0 saturated carbocycles. The Balaban J connectivity index is 1.86. The van der Waals surface area contributed by atoms with Crippen LogP contribution < -0.4 is 11.0 Å². The number of rotatable bonds is 2. The van der Waals surface area contributed by atoms with Gasteiger partial charge in [0.15, 0.2) is 5.60 Å². The Morgan fingerprint density at radius 2 is 2.11 bits per heavy atom. The number of esters is 1. The maximum atomic E-state index is 13.2. The molecule has 8 heteroatoms. The van der Waals surface area contributed by atoms with Gasteiger partial charge < -0.3 is 15.1 Å². The van der Waals surface area contributed by atoms with Crippen molar-refractivity contribution in [1.82, 2.24) is 15.0 Å². The van der Waals surface area contributed by atoms with Crippen molar-refractivity contribution in [3.8, 4) is 11.4 Å². The van der Waals surface area contributed by atoms with Crippen LogP contribution in [0.1, 0.15) is 36.2 Å². The zero-order valence-electron chi connectivity index (χ0n) is 15.0. The minimum absolute atomic E-state index is 0.0708. The van der Waals surface area contributed by atoms with E-state index < -0.39 is 23.3 Å². The van der Waals surface area contributed by atoms with Gasteiger partial charge in [0.05, 0.1) is 22.5 Å². The molecule has 0 bridgehead atoms. The number of pyridine rings is 2. The molecule has 142 valence electrons. The molecule has 28 heavy (non-hydrogen) atoms. The van der Waals surface area contributed by atoms with Gasteiger partial charge in [-0.1, -0.05) is 25.1 Å². The van der Waals surface area contributed by atoms with Crippen molar-refractivity contribution in [1.29, 1.82) is 0 Å². The highest BCUT2D eigenvalue weighted by Gasteiger charge is 2.46. The van der Waals surface area contributed by atoms with Crippen LogP contribution in [0.3, 0.4) is 0 Å². The number of nitrogens with one attached hydrogen (secondary N) is 1. The molecule has 0 fully saturated rings. The van der Waals surface area contributed by atoms with Crippen molar-refractivity contribution in [2.45, 2.75) is 31.7 Å². The summed E-state index contributed by atoms with van der Waals surface area (Å²) in [6, 6.07) is 11.0. The topological polar surface area (TPSA) is 114 Å². The molecule has 0 spiro atoms. The highest BCUT2D eigenvalue weighted by atomic mass is 16.6. The normalized spacial score (nSPS) is 22.5. The van der Waals surface area contributed by atoms with Crippen LogP contribution in [0.25, 0.3) is 22.3 Å². The fraction of sp³-hybridized carbons (Fsp3) is 0.250. The van der Waals surface area contributed by atoms with Gasteiger partial charge >= 0.3 is 5.97 Å². The molecule has 1 unspecified atom stereocenters. The Hall–Kier alpha value is -3.07. The van der Waals surface area contributed by atoms with Crippen molar-refractivity contribution in [2.24, 2.45) is 0 Å². The van der Waals surface area contributed by atoms with Gasteiger partial charge in [-0.05, 0) is 24.6 Å². The number of fused-ring (bicyclic) bond motifs is 5. The van der Waals surface area contributed by atoms with E-state index in [0.717, 1.165) is 10.9 Å². The second kappa shape index (κ2) is 5.71. The van der Waals surface area contributed by atoms with Crippen molar-refractivity contribution >= 4 is 16.9 Å². The van der Waals surface area contributed by atoms with E-state index in [4.69, 9.17) is 4.74 Å². The van der Waals surface area contributed by atoms with Gasteiger partial charge in [0, 0.05) is 16.5 Å². The lowest BCUT2D eigenvalue weighted by atomic mass is 9.86. The monoisotopic (exact) mass is 379 g/mol. The van der Waals surface area contributed by atoms with Gasteiger partial charge in [-0.3, -0.25) is 9.36 Å². The van der Waals surface area contributed by atoms with Gasteiger partial charge in [-0.15, -0.1) is 0 Å². The Kier molecular flexibility index (Phi) is 3.48. The molecule has 2 aliphatic rings. The van der Waals surface area contributed by atoms with E-state index >= 15 is 0 Å². The van der Waals surface area contributed by atoms with Gasteiger partial charge in [-0.25, -0.2) is 9.78 Å². The molecule has 8 nitrogen and oxygen atoms in total. The number of hydroxylamine groups is 1. The lowest BCUT2D eigenvalue weighted by Gasteiger charge is -2.32. The first-order chi connectivity index (χ1) is 13.5. The average molecular weight is 379 g/mol. The molecule has 0 aliphatic carbocycles. The number of aromatic nitrogens is 2. The molecule has 1 aromatic carbocycles. The number of hydrogen-bond donors (Lipinski definition) is 3. The second-order valence-corrected chi connectivity index (χ2v) is 7.04. The van der Waals surface area contributed by atoms with E-state index in [1.54, 1.807) is 13.0 Å². The van der Waals surface area contributed by atoms with Crippen molar-refractivity contribution in [2.75, 3.05) is 0 Å². The number of carbonyl (C=O) groups is 1. The summed E-state index contributed by atoms with van der Waals surface area (Å²) in [5, 5.41) is 21.5. The highest BCUT2D eigenvalue weighted by molar-refractivity contribution is 5.86. The number of benzene rings is 1. The molecule has 3 aromatic rings. The summed E-state index contributed by atoms with van der Waals surface area (Å²) in [6.45, 7) is 1.43. The molecule has 2 atom stereocenters. The number of cyclic esters (lactones) is 1. The molecule has 0 saturated heterocycles. The van der Waals surface area contributed by atoms with Crippen LogP contribution in [0.2, 0.25) is 0 Å². The predicted octanol–water partition coefficient (Wildman–Crippen LogP) is 1.56. The molecular weight excluding hydrogens is 362 g/mol. The van der Waals surface area contributed by atoms with Gasteiger partial charge in [0.2, 0.25) is 0 Å². The van der Waals surface area contributed by atoms with Crippen molar-refractivity contribution in [3.63, 3.8) is 0 Å². The third-order valence-electron chi connectivity index (χ3n) is 5.66. The molecule has 5 rings (SSSR count). The fourth-order valence-electron chi connectivity index (χ4n) is 4.12. The van der Waals surface area contributed by atoms with Crippen LogP contribution in [-0.2, 0) is 21.7 Å². The van der Waals surface area contributed by atoms with Crippen LogP contribution in [0.4, 0.5) is 0 Å². The third-order valence-corrected chi connectivity index (χ3v) is 5.66. The number of nitrogens with zero attached hydrogens (tertiary/aromatic N) is 2. The Bertz CT molecular complexity index is 1220. The van der Waals surface area contributed by atoms with Gasteiger partial charge in [0.25, 0.3) is 5.56 Å². The lowest BCUT2D eigenvalue weighted by molar-refractivity contribution is -0.172. The van der Waals surface area contributed by atoms with E-state index in [9.17, 15) is 19.9 Å². The van der Waals surface area contributed by atoms with Crippen LogP contribution in [-0.4, -0.2) is 25.8 Å². The smallest absolute Gasteiger partial charge is 0.343 e. The number of hydrogen-bond acceptors (Lipinski definition) is 7. The van der Waals surface area contributed by atoms with Crippen LogP contribution in [0, 0.1) is 0 Å². The Labute approximate surface area is 159 Å². The van der Waals surface area contributed by atoms with E-state index in [-0.39, 0.29) is 24.2 Å². The highest BCUT2D eigenvalue weighted by Crippen LogP contribution is 2.41. The zero-order valence-corrected chi connectivity index (χ0v) is 15.0. The molecule has 3 N–H and O–H groups in total. The lowest BCUT2D eigenvalue weighted by Crippen LogP contribution is -2.45. The first-order valence-electron chi connectivity index (χ1n) is 8.97. The molecule has 4 heterocycles.